The normalized spacial score (nSPS) is 15.3. The summed E-state index contributed by atoms with van der Waals surface area (Å²) < 4.78 is 27.9. The number of nitrogen functional groups attached to an aromatic ring is 1. The van der Waals surface area contributed by atoms with Gasteiger partial charge in [0, 0.05) is 25.7 Å². The van der Waals surface area contributed by atoms with Crippen LogP contribution in [0.15, 0.2) is 48.5 Å². The van der Waals surface area contributed by atoms with Crippen LogP contribution in [0.4, 0.5) is 19.7 Å². The zero-order valence-corrected chi connectivity index (χ0v) is 17.1. The van der Waals surface area contributed by atoms with Crippen molar-refractivity contribution in [3.63, 3.8) is 0 Å². The van der Waals surface area contributed by atoms with E-state index in [0.717, 1.165) is 55.9 Å². The van der Waals surface area contributed by atoms with Crippen molar-refractivity contribution in [1.29, 1.82) is 0 Å². The van der Waals surface area contributed by atoms with Crippen molar-refractivity contribution in [2.45, 2.75) is 25.4 Å². The predicted molar refractivity (Wildman–Crippen MR) is 115 cm³/mol. The van der Waals surface area contributed by atoms with Crippen molar-refractivity contribution >= 4 is 28.1 Å². The number of likely N-dealkylation sites (tertiary alicyclic amines) is 1. The van der Waals surface area contributed by atoms with Gasteiger partial charge in [0.05, 0.1) is 5.56 Å². The second-order valence-electron chi connectivity index (χ2n) is 7.34. The lowest BCUT2D eigenvalue weighted by molar-refractivity contribution is 0.103. The number of hydrogen-bond donors (Lipinski definition) is 2. The quantitative estimate of drug-likeness (QED) is 0.573. The van der Waals surface area contributed by atoms with Crippen LogP contribution >= 0.6 is 11.3 Å². The van der Waals surface area contributed by atoms with Crippen molar-refractivity contribution in [3.8, 4) is 0 Å². The monoisotopic (exact) mass is 428 g/mol. The Morgan fingerprint density at radius 2 is 1.77 bits per heavy atom. The van der Waals surface area contributed by atoms with Crippen LogP contribution in [0.1, 0.15) is 33.6 Å². The molecule has 30 heavy (non-hydrogen) atoms. The standard InChI is InChI=1S/C22H22F2N4OS/c23-16-7-4-8-17(24)18(16)19(29)20-21(25)27-22(30-20)26-15-9-11-28(12-10-15)13-14-5-2-1-3-6-14/h1-8,15H,9-13,25H2,(H,26,27). The van der Waals surface area contributed by atoms with E-state index in [9.17, 15) is 13.6 Å². The van der Waals surface area contributed by atoms with Gasteiger partial charge in [0.15, 0.2) is 5.13 Å². The Morgan fingerprint density at radius 1 is 1.10 bits per heavy atom. The summed E-state index contributed by atoms with van der Waals surface area (Å²) in [5.74, 6) is -2.62. The molecule has 0 atom stereocenters. The van der Waals surface area contributed by atoms with E-state index in [1.807, 2.05) is 18.2 Å². The second-order valence-corrected chi connectivity index (χ2v) is 8.34. The maximum atomic E-state index is 14.0. The van der Waals surface area contributed by atoms with Crippen molar-refractivity contribution in [1.82, 2.24) is 9.88 Å². The average Bonchev–Trinajstić information content (AvgIpc) is 3.10. The Labute approximate surface area is 177 Å². The summed E-state index contributed by atoms with van der Waals surface area (Å²) >= 11 is 1.03. The van der Waals surface area contributed by atoms with Gasteiger partial charge in [-0.1, -0.05) is 47.7 Å². The summed E-state index contributed by atoms with van der Waals surface area (Å²) in [6.07, 6.45) is 1.86. The van der Waals surface area contributed by atoms with Gasteiger partial charge in [-0.25, -0.2) is 13.8 Å². The number of nitrogens with zero attached hydrogens (tertiary/aromatic N) is 2. The van der Waals surface area contributed by atoms with Gasteiger partial charge in [-0.2, -0.15) is 0 Å². The average molecular weight is 429 g/mol. The number of rotatable bonds is 6. The Bertz CT molecular complexity index is 1010. The summed E-state index contributed by atoms with van der Waals surface area (Å²) in [4.78, 5) is 19.3. The van der Waals surface area contributed by atoms with Crippen molar-refractivity contribution in [3.05, 3.63) is 76.2 Å². The predicted octanol–water partition coefficient (Wildman–Crippen LogP) is 4.31. The zero-order chi connectivity index (χ0) is 21.1. The van der Waals surface area contributed by atoms with Crippen LogP contribution in [0.25, 0.3) is 0 Å². The van der Waals surface area contributed by atoms with E-state index in [1.165, 1.54) is 11.6 Å². The number of nitrogens with one attached hydrogen (secondary N) is 1. The van der Waals surface area contributed by atoms with Gasteiger partial charge < -0.3 is 11.1 Å². The summed E-state index contributed by atoms with van der Waals surface area (Å²) in [5, 5.41) is 3.82. The molecule has 0 unspecified atom stereocenters. The molecule has 2 aromatic carbocycles. The van der Waals surface area contributed by atoms with E-state index in [-0.39, 0.29) is 16.7 Å². The molecule has 8 heteroatoms. The van der Waals surface area contributed by atoms with Gasteiger partial charge in [0.25, 0.3) is 0 Å². The Balaban J connectivity index is 1.38. The lowest BCUT2D eigenvalue weighted by atomic mass is 10.0. The summed E-state index contributed by atoms with van der Waals surface area (Å²) in [6, 6.07) is 13.9. The molecule has 3 N–H and O–H groups in total. The first-order chi connectivity index (χ1) is 14.5. The third kappa shape index (κ3) is 4.49. The van der Waals surface area contributed by atoms with Crippen LogP contribution in [0.5, 0.6) is 0 Å². The minimum absolute atomic E-state index is 0.0170. The molecule has 1 aromatic heterocycles. The number of nitrogens with two attached hydrogens (primary N) is 1. The Morgan fingerprint density at radius 3 is 2.43 bits per heavy atom. The number of anilines is 2. The molecular weight excluding hydrogens is 406 g/mol. The summed E-state index contributed by atoms with van der Waals surface area (Å²) in [6.45, 7) is 2.81. The van der Waals surface area contributed by atoms with Crippen LogP contribution < -0.4 is 11.1 Å². The molecule has 1 aliphatic rings. The minimum atomic E-state index is -0.909. The highest BCUT2D eigenvalue weighted by Gasteiger charge is 2.25. The molecule has 5 nitrogen and oxygen atoms in total. The molecule has 1 fully saturated rings. The molecule has 0 aliphatic carbocycles. The molecule has 4 rings (SSSR count). The highest BCUT2D eigenvalue weighted by molar-refractivity contribution is 7.18. The lowest BCUT2D eigenvalue weighted by Crippen LogP contribution is -2.38. The van der Waals surface area contributed by atoms with Crippen LogP contribution in [0.3, 0.4) is 0 Å². The number of piperidine rings is 1. The molecule has 3 aromatic rings. The van der Waals surface area contributed by atoms with Gasteiger partial charge in [0.1, 0.15) is 22.3 Å². The molecule has 2 heterocycles. The number of ketones is 1. The fraction of sp³-hybridized carbons (Fsp3) is 0.273. The van der Waals surface area contributed by atoms with Crippen LogP contribution in [0, 0.1) is 11.6 Å². The SMILES string of the molecule is Nc1nc(NC2CCN(Cc3ccccc3)CC2)sc1C(=O)c1c(F)cccc1F. The maximum Gasteiger partial charge on any atom is 0.212 e. The van der Waals surface area contributed by atoms with E-state index in [1.54, 1.807) is 0 Å². The van der Waals surface area contributed by atoms with Crippen LogP contribution in [-0.4, -0.2) is 34.8 Å². The fourth-order valence-corrected chi connectivity index (χ4v) is 4.54. The van der Waals surface area contributed by atoms with Gasteiger partial charge in [-0.15, -0.1) is 0 Å². The molecule has 156 valence electrons. The second kappa shape index (κ2) is 8.89. The summed E-state index contributed by atoms with van der Waals surface area (Å²) in [7, 11) is 0. The number of thiazole rings is 1. The van der Waals surface area contributed by atoms with E-state index in [4.69, 9.17) is 5.73 Å². The van der Waals surface area contributed by atoms with E-state index < -0.39 is 23.0 Å². The molecule has 0 spiro atoms. The van der Waals surface area contributed by atoms with Gasteiger partial charge in [-0.05, 0) is 30.5 Å². The number of hydrogen-bond acceptors (Lipinski definition) is 6. The van der Waals surface area contributed by atoms with Crippen molar-refractivity contribution in [2.75, 3.05) is 24.1 Å². The first-order valence-electron chi connectivity index (χ1n) is 9.79. The van der Waals surface area contributed by atoms with Gasteiger partial charge in [0.2, 0.25) is 5.78 Å². The van der Waals surface area contributed by atoms with Gasteiger partial charge in [-0.3, -0.25) is 9.69 Å². The summed E-state index contributed by atoms with van der Waals surface area (Å²) in [5.41, 5.74) is 6.57. The Hall–Kier alpha value is -2.84. The van der Waals surface area contributed by atoms with Crippen molar-refractivity contribution in [2.24, 2.45) is 0 Å². The zero-order valence-electron chi connectivity index (χ0n) is 16.3. The maximum absolute atomic E-state index is 14.0. The number of aromatic nitrogens is 1. The van der Waals surface area contributed by atoms with E-state index in [2.05, 4.69) is 27.3 Å². The van der Waals surface area contributed by atoms with E-state index >= 15 is 0 Å². The minimum Gasteiger partial charge on any atom is -0.382 e. The molecule has 0 amide bonds. The third-order valence-electron chi connectivity index (χ3n) is 5.21. The first-order valence-corrected chi connectivity index (χ1v) is 10.6. The first kappa shape index (κ1) is 20.4. The van der Waals surface area contributed by atoms with E-state index in [0.29, 0.717) is 5.13 Å². The van der Waals surface area contributed by atoms with Crippen LogP contribution in [0.2, 0.25) is 0 Å². The lowest BCUT2D eigenvalue weighted by Gasteiger charge is -2.32. The smallest absolute Gasteiger partial charge is 0.212 e. The number of carbonyl (C=O) groups excluding carboxylic acids is 1. The van der Waals surface area contributed by atoms with Crippen LogP contribution in [-0.2, 0) is 6.54 Å². The van der Waals surface area contributed by atoms with Gasteiger partial charge >= 0.3 is 0 Å². The molecule has 0 bridgehead atoms. The number of halogens is 2. The fourth-order valence-electron chi connectivity index (χ4n) is 3.64. The highest BCUT2D eigenvalue weighted by atomic mass is 32.1. The topological polar surface area (TPSA) is 71.2 Å². The molecular formula is C22H22F2N4OS. The molecule has 0 radical (unpaired) electrons. The molecule has 1 saturated heterocycles. The third-order valence-corrected chi connectivity index (χ3v) is 6.21. The molecule has 0 saturated carbocycles. The highest BCUT2D eigenvalue weighted by Crippen LogP contribution is 2.30. The number of carbonyl (C=O) groups is 1. The Kier molecular flexibility index (Phi) is 6.06. The number of benzene rings is 2. The van der Waals surface area contributed by atoms with Crippen molar-refractivity contribution < 1.29 is 13.6 Å². The largest absolute Gasteiger partial charge is 0.382 e. The molecule has 1 aliphatic heterocycles.